The number of nitrogens with zero attached hydrogens (tertiary/aromatic N) is 3. The minimum absolute atomic E-state index is 0.0227. The molecule has 2 heterocycles. The van der Waals surface area contributed by atoms with Crippen LogP contribution in [-0.2, 0) is 16.0 Å². The van der Waals surface area contributed by atoms with Crippen LogP contribution in [0.4, 0.5) is 4.39 Å². The van der Waals surface area contributed by atoms with Gasteiger partial charge < -0.3 is 15.2 Å². The lowest BCUT2D eigenvalue weighted by Crippen LogP contribution is -2.53. The summed E-state index contributed by atoms with van der Waals surface area (Å²) in [6.45, 7) is 3.24. The number of aliphatic hydroxyl groups is 1. The van der Waals surface area contributed by atoms with E-state index in [-0.39, 0.29) is 36.7 Å². The van der Waals surface area contributed by atoms with Gasteiger partial charge in [0.1, 0.15) is 5.82 Å². The summed E-state index contributed by atoms with van der Waals surface area (Å²) in [6.07, 6.45) is 2.94. The van der Waals surface area contributed by atoms with Crippen molar-refractivity contribution in [2.75, 3.05) is 26.3 Å². The zero-order valence-corrected chi connectivity index (χ0v) is 21.8. The number of carbonyl (C=O) groups is 2. The third-order valence-corrected chi connectivity index (χ3v) is 7.01. The molecule has 202 valence electrons. The van der Waals surface area contributed by atoms with E-state index in [0.717, 1.165) is 18.5 Å². The molecule has 1 unspecified atom stereocenters. The molecular weight excluding hydrogens is 513 g/mol. The van der Waals surface area contributed by atoms with Crippen LogP contribution in [0.15, 0.2) is 48.7 Å². The molecule has 4 rings (SSSR count). The maximum absolute atomic E-state index is 14.3. The number of aromatic amines is 1. The van der Waals surface area contributed by atoms with E-state index in [1.165, 1.54) is 18.3 Å². The van der Waals surface area contributed by atoms with E-state index >= 15 is 0 Å². The molecule has 38 heavy (non-hydrogen) atoms. The van der Waals surface area contributed by atoms with Gasteiger partial charge >= 0.3 is 5.97 Å². The molecule has 1 aromatic heterocycles. The average Bonchev–Trinajstić information content (AvgIpc) is 3.43. The van der Waals surface area contributed by atoms with Crippen LogP contribution in [0, 0.1) is 11.7 Å². The highest BCUT2D eigenvalue weighted by Gasteiger charge is 2.34. The maximum atomic E-state index is 14.3. The minimum Gasteiger partial charge on any atom is -0.466 e. The highest BCUT2D eigenvalue weighted by Crippen LogP contribution is 2.27. The van der Waals surface area contributed by atoms with Gasteiger partial charge in [-0.15, -0.1) is 0 Å². The van der Waals surface area contributed by atoms with Gasteiger partial charge in [0, 0.05) is 35.8 Å². The van der Waals surface area contributed by atoms with Crippen molar-refractivity contribution in [3.63, 3.8) is 0 Å². The first-order chi connectivity index (χ1) is 18.4. The number of rotatable bonds is 12. The molecule has 3 atom stereocenters. The predicted molar refractivity (Wildman–Crippen MR) is 140 cm³/mol. The number of halogens is 2. The second kappa shape index (κ2) is 12.9. The summed E-state index contributed by atoms with van der Waals surface area (Å²) in [4.78, 5) is 27.8. The molecular formula is C27H31ClFN5O4. The topological polar surface area (TPSA) is 120 Å². The number of ether oxygens (including phenoxy) is 1. The summed E-state index contributed by atoms with van der Waals surface area (Å²) in [5.74, 6) is -1.64. The van der Waals surface area contributed by atoms with Crippen molar-refractivity contribution in [3.05, 3.63) is 70.8 Å². The van der Waals surface area contributed by atoms with E-state index in [1.54, 1.807) is 25.1 Å². The van der Waals surface area contributed by atoms with Crippen molar-refractivity contribution < 1.29 is 23.8 Å². The van der Waals surface area contributed by atoms with E-state index in [2.05, 4.69) is 25.6 Å². The Hall–Kier alpha value is -3.34. The Bertz CT molecular complexity index is 1220. The number of nitrogens with one attached hydrogen (secondary N) is 2. The van der Waals surface area contributed by atoms with Gasteiger partial charge in [-0.2, -0.15) is 15.4 Å². The van der Waals surface area contributed by atoms with Crippen LogP contribution >= 0.6 is 11.6 Å². The third kappa shape index (κ3) is 6.94. The molecule has 0 saturated carbocycles. The fourth-order valence-corrected chi connectivity index (χ4v) is 4.83. The minimum atomic E-state index is -0.508. The monoisotopic (exact) mass is 543 g/mol. The Kier molecular flexibility index (Phi) is 9.43. The Morgan fingerprint density at radius 1 is 1.29 bits per heavy atom. The van der Waals surface area contributed by atoms with Crippen LogP contribution in [0.25, 0.3) is 11.1 Å². The fraction of sp³-hybridized carbons (Fsp3) is 0.407. The molecule has 1 aliphatic rings. The summed E-state index contributed by atoms with van der Waals surface area (Å²) in [6, 6.07) is 11.3. The second-order valence-corrected chi connectivity index (χ2v) is 9.79. The van der Waals surface area contributed by atoms with Gasteiger partial charge in [0.05, 0.1) is 25.3 Å². The highest BCUT2D eigenvalue weighted by atomic mass is 35.5. The van der Waals surface area contributed by atoms with Crippen molar-refractivity contribution in [1.29, 1.82) is 0 Å². The largest absolute Gasteiger partial charge is 0.466 e. The number of esters is 1. The number of likely N-dealkylation sites (tertiary alicyclic amines) is 1. The quantitative estimate of drug-likeness (QED) is 0.300. The van der Waals surface area contributed by atoms with E-state index < -0.39 is 17.9 Å². The van der Waals surface area contributed by atoms with Crippen LogP contribution in [0.1, 0.15) is 35.8 Å². The number of benzene rings is 2. The van der Waals surface area contributed by atoms with Crippen molar-refractivity contribution in [1.82, 2.24) is 25.6 Å². The zero-order chi connectivity index (χ0) is 27.1. The third-order valence-electron chi connectivity index (χ3n) is 6.78. The molecule has 11 heteroatoms. The normalized spacial score (nSPS) is 16.9. The zero-order valence-electron chi connectivity index (χ0n) is 21.1. The maximum Gasteiger partial charge on any atom is 0.310 e. The molecule has 3 aromatic rings. The van der Waals surface area contributed by atoms with Crippen LogP contribution in [0.2, 0.25) is 5.02 Å². The molecule has 1 saturated heterocycles. The summed E-state index contributed by atoms with van der Waals surface area (Å²) in [5.41, 5.74) is 2.10. The molecule has 0 radical (unpaired) electrons. The molecule has 0 spiro atoms. The standard InChI is InChI=1S/C27H31ClFN5O4/c1-2-38-27(37)19(15-34-10-9-22(34)16-35)12-21(31-26(36)25-14-30-33-32-25)11-17-3-5-18(6-4-17)23-13-20(28)7-8-24(23)29/h3-8,13-14,19,21-22,35H,2,9-12,15-16H2,1H3,(H,31,36)(H,30,32,33)/t19?,21-,22-/m1/s1. The molecule has 0 aliphatic carbocycles. The molecule has 1 aliphatic heterocycles. The molecule has 2 aromatic carbocycles. The van der Waals surface area contributed by atoms with Gasteiger partial charge in [-0.25, -0.2) is 4.39 Å². The van der Waals surface area contributed by atoms with Crippen molar-refractivity contribution in [2.24, 2.45) is 5.92 Å². The van der Waals surface area contributed by atoms with Gasteiger partial charge in [-0.3, -0.25) is 14.5 Å². The Balaban J connectivity index is 1.53. The molecule has 1 amide bonds. The second-order valence-electron chi connectivity index (χ2n) is 9.36. The lowest BCUT2D eigenvalue weighted by atomic mass is 9.91. The fourth-order valence-electron chi connectivity index (χ4n) is 4.66. The Morgan fingerprint density at radius 2 is 2.08 bits per heavy atom. The first-order valence-corrected chi connectivity index (χ1v) is 13.0. The first kappa shape index (κ1) is 27.7. The summed E-state index contributed by atoms with van der Waals surface area (Å²) in [5, 5.41) is 23.0. The number of aromatic nitrogens is 3. The SMILES string of the molecule is CCOC(=O)C(C[C@@H](Cc1ccc(-c2cc(Cl)ccc2F)cc1)NC(=O)c1cn[nH]n1)CN1CC[C@@H]1CO. The summed E-state index contributed by atoms with van der Waals surface area (Å²) >= 11 is 6.05. The predicted octanol–water partition coefficient (Wildman–Crippen LogP) is 3.24. The van der Waals surface area contributed by atoms with Crippen LogP contribution in [0.3, 0.4) is 0 Å². The number of hydrogen-bond donors (Lipinski definition) is 3. The van der Waals surface area contributed by atoms with E-state index in [9.17, 15) is 19.1 Å². The number of hydrogen-bond acceptors (Lipinski definition) is 7. The Morgan fingerprint density at radius 3 is 2.71 bits per heavy atom. The van der Waals surface area contributed by atoms with Crippen LogP contribution < -0.4 is 5.32 Å². The van der Waals surface area contributed by atoms with E-state index in [0.29, 0.717) is 35.5 Å². The van der Waals surface area contributed by atoms with Gasteiger partial charge in [0.15, 0.2) is 5.69 Å². The Labute approximate surface area is 225 Å². The first-order valence-electron chi connectivity index (χ1n) is 12.6. The van der Waals surface area contributed by atoms with Crippen molar-refractivity contribution in [3.8, 4) is 11.1 Å². The number of carbonyl (C=O) groups excluding carboxylic acids is 2. The number of aliphatic hydroxyl groups excluding tert-OH is 1. The lowest BCUT2D eigenvalue weighted by molar-refractivity contribution is -0.150. The van der Waals surface area contributed by atoms with E-state index in [4.69, 9.17) is 16.3 Å². The molecule has 9 nitrogen and oxygen atoms in total. The van der Waals surface area contributed by atoms with Gasteiger partial charge in [-0.1, -0.05) is 35.9 Å². The van der Waals surface area contributed by atoms with Crippen LogP contribution in [0.5, 0.6) is 0 Å². The molecule has 0 bridgehead atoms. The van der Waals surface area contributed by atoms with Gasteiger partial charge in [0.25, 0.3) is 5.91 Å². The van der Waals surface area contributed by atoms with Gasteiger partial charge in [-0.05, 0) is 55.5 Å². The lowest BCUT2D eigenvalue weighted by Gasteiger charge is -2.41. The van der Waals surface area contributed by atoms with Gasteiger partial charge in [0.2, 0.25) is 0 Å². The molecule has 3 N–H and O–H groups in total. The number of H-pyrrole nitrogens is 1. The van der Waals surface area contributed by atoms with Crippen molar-refractivity contribution in [2.45, 2.75) is 38.3 Å². The van der Waals surface area contributed by atoms with Crippen molar-refractivity contribution >= 4 is 23.5 Å². The smallest absolute Gasteiger partial charge is 0.310 e. The van der Waals surface area contributed by atoms with E-state index in [1.807, 2.05) is 12.1 Å². The van der Waals surface area contributed by atoms with Crippen LogP contribution in [-0.4, -0.2) is 75.7 Å². The summed E-state index contributed by atoms with van der Waals surface area (Å²) in [7, 11) is 0. The number of amides is 1. The molecule has 1 fully saturated rings. The highest BCUT2D eigenvalue weighted by molar-refractivity contribution is 6.30. The average molecular weight is 544 g/mol. The summed E-state index contributed by atoms with van der Waals surface area (Å²) < 4.78 is 19.7.